The Labute approximate surface area is 105 Å². The van der Waals surface area contributed by atoms with Crippen LogP contribution in [0.1, 0.15) is 6.92 Å². The van der Waals surface area contributed by atoms with E-state index in [1.807, 2.05) is 0 Å². The van der Waals surface area contributed by atoms with Gasteiger partial charge in [-0.2, -0.15) is 0 Å². The SMILES string of the molecule is C=C(C)C(=O)OCCN(C(=O)OC)c1ccco1. The highest BCUT2D eigenvalue weighted by molar-refractivity contribution is 5.87. The summed E-state index contributed by atoms with van der Waals surface area (Å²) in [4.78, 5) is 23.9. The molecule has 0 radical (unpaired) electrons. The Morgan fingerprint density at radius 1 is 1.50 bits per heavy atom. The van der Waals surface area contributed by atoms with E-state index >= 15 is 0 Å². The third-order valence-electron chi connectivity index (χ3n) is 2.06. The van der Waals surface area contributed by atoms with Gasteiger partial charge < -0.3 is 13.9 Å². The van der Waals surface area contributed by atoms with E-state index in [1.54, 1.807) is 19.1 Å². The molecule has 0 spiro atoms. The van der Waals surface area contributed by atoms with Gasteiger partial charge in [-0.1, -0.05) is 6.58 Å². The van der Waals surface area contributed by atoms with Crippen LogP contribution in [0.4, 0.5) is 10.7 Å². The van der Waals surface area contributed by atoms with E-state index in [9.17, 15) is 9.59 Å². The molecule has 0 saturated heterocycles. The number of carbonyl (C=O) groups is 2. The number of carbonyl (C=O) groups excluding carboxylic acids is 2. The zero-order valence-corrected chi connectivity index (χ0v) is 10.3. The molecule has 6 heteroatoms. The molecule has 0 atom stereocenters. The zero-order chi connectivity index (χ0) is 13.5. The molecular weight excluding hydrogens is 238 g/mol. The minimum absolute atomic E-state index is 0.0293. The molecule has 98 valence electrons. The summed E-state index contributed by atoms with van der Waals surface area (Å²) in [5.41, 5.74) is 0.303. The van der Waals surface area contributed by atoms with Crippen LogP contribution in [-0.2, 0) is 14.3 Å². The van der Waals surface area contributed by atoms with Crippen LogP contribution in [0.3, 0.4) is 0 Å². The molecule has 1 heterocycles. The van der Waals surface area contributed by atoms with Gasteiger partial charge in [0.15, 0.2) is 0 Å². The Bertz CT molecular complexity index is 424. The molecule has 0 aliphatic heterocycles. The fraction of sp³-hybridized carbons (Fsp3) is 0.333. The summed E-state index contributed by atoms with van der Waals surface area (Å²) in [6.45, 7) is 5.17. The lowest BCUT2D eigenvalue weighted by atomic mass is 10.4. The van der Waals surface area contributed by atoms with Crippen molar-refractivity contribution >= 4 is 17.9 Å². The van der Waals surface area contributed by atoms with Gasteiger partial charge in [0.1, 0.15) is 6.61 Å². The molecule has 0 N–H and O–H groups in total. The van der Waals surface area contributed by atoms with Gasteiger partial charge in [-0.15, -0.1) is 0 Å². The smallest absolute Gasteiger partial charge is 0.416 e. The molecule has 0 aliphatic carbocycles. The highest BCUT2D eigenvalue weighted by Gasteiger charge is 2.19. The average Bonchev–Trinajstić information content (AvgIpc) is 2.86. The third-order valence-corrected chi connectivity index (χ3v) is 2.06. The fourth-order valence-electron chi connectivity index (χ4n) is 1.18. The zero-order valence-electron chi connectivity index (χ0n) is 10.3. The maximum atomic E-state index is 11.5. The second kappa shape index (κ2) is 6.48. The second-order valence-corrected chi connectivity index (χ2v) is 3.49. The van der Waals surface area contributed by atoms with Gasteiger partial charge in [0, 0.05) is 11.6 Å². The van der Waals surface area contributed by atoms with Crippen LogP contribution in [0.5, 0.6) is 0 Å². The van der Waals surface area contributed by atoms with Crippen LogP contribution in [0, 0.1) is 0 Å². The Kier molecular flexibility index (Phi) is 4.98. The first-order chi connectivity index (χ1) is 8.56. The number of amides is 1. The first-order valence-electron chi connectivity index (χ1n) is 5.28. The molecule has 0 aromatic carbocycles. The highest BCUT2D eigenvalue weighted by atomic mass is 16.6. The van der Waals surface area contributed by atoms with Crippen molar-refractivity contribution < 1.29 is 23.5 Å². The largest absolute Gasteiger partial charge is 0.460 e. The standard InChI is InChI=1S/C12H15NO5/c1-9(2)11(14)18-8-6-13(12(15)16-3)10-5-4-7-17-10/h4-5,7H,1,6,8H2,2-3H3. The van der Waals surface area contributed by atoms with Crippen molar-refractivity contribution in [2.75, 3.05) is 25.2 Å². The summed E-state index contributed by atoms with van der Waals surface area (Å²) >= 11 is 0. The molecule has 1 amide bonds. The van der Waals surface area contributed by atoms with Gasteiger partial charge in [0.2, 0.25) is 5.88 Å². The number of nitrogens with zero attached hydrogens (tertiary/aromatic N) is 1. The summed E-state index contributed by atoms with van der Waals surface area (Å²) in [6, 6.07) is 3.25. The summed E-state index contributed by atoms with van der Waals surface area (Å²) in [6.07, 6.45) is 0.849. The number of furan rings is 1. The quantitative estimate of drug-likeness (QED) is 0.592. The Morgan fingerprint density at radius 2 is 2.22 bits per heavy atom. The summed E-state index contributed by atoms with van der Waals surface area (Å²) < 4.78 is 14.6. The van der Waals surface area contributed by atoms with Crippen LogP contribution in [0.2, 0.25) is 0 Å². The van der Waals surface area contributed by atoms with Crippen molar-refractivity contribution in [3.8, 4) is 0 Å². The lowest BCUT2D eigenvalue weighted by Gasteiger charge is -2.17. The number of methoxy groups -OCH3 is 1. The van der Waals surface area contributed by atoms with E-state index in [-0.39, 0.29) is 13.2 Å². The summed E-state index contributed by atoms with van der Waals surface area (Å²) in [5.74, 6) is -0.174. The molecule has 1 aromatic heterocycles. The topological polar surface area (TPSA) is 69.0 Å². The van der Waals surface area contributed by atoms with Crippen molar-refractivity contribution in [3.63, 3.8) is 0 Å². The number of hydrogen-bond donors (Lipinski definition) is 0. The maximum absolute atomic E-state index is 11.5. The average molecular weight is 253 g/mol. The molecule has 18 heavy (non-hydrogen) atoms. The van der Waals surface area contributed by atoms with E-state index in [4.69, 9.17) is 9.15 Å². The monoisotopic (exact) mass is 253 g/mol. The molecule has 0 unspecified atom stereocenters. The number of ether oxygens (including phenoxy) is 2. The Morgan fingerprint density at radius 3 is 2.72 bits per heavy atom. The summed E-state index contributed by atoms with van der Waals surface area (Å²) in [5, 5.41) is 0. The minimum Gasteiger partial charge on any atom is -0.460 e. The number of hydrogen-bond acceptors (Lipinski definition) is 5. The van der Waals surface area contributed by atoms with Gasteiger partial charge in [-0.25, -0.2) is 14.5 Å². The Balaban J connectivity index is 2.56. The van der Waals surface area contributed by atoms with Crippen molar-refractivity contribution in [3.05, 3.63) is 30.5 Å². The van der Waals surface area contributed by atoms with Gasteiger partial charge >= 0.3 is 12.1 Å². The minimum atomic E-state index is -0.587. The molecule has 1 rings (SSSR count). The molecule has 6 nitrogen and oxygen atoms in total. The van der Waals surface area contributed by atoms with Crippen LogP contribution < -0.4 is 4.90 Å². The number of anilines is 1. The van der Waals surface area contributed by atoms with E-state index in [0.29, 0.717) is 11.5 Å². The molecular formula is C12H15NO5. The van der Waals surface area contributed by atoms with Crippen molar-refractivity contribution in [1.29, 1.82) is 0 Å². The first kappa shape index (κ1) is 13.8. The Hall–Kier alpha value is -2.24. The van der Waals surface area contributed by atoms with E-state index in [1.165, 1.54) is 18.3 Å². The van der Waals surface area contributed by atoms with E-state index in [2.05, 4.69) is 11.3 Å². The normalized spacial score (nSPS) is 9.67. The molecule has 0 fully saturated rings. The lowest BCUT2D eigenvalue weighted by Crippen LogP contribution is -2.34. The van der Waals surface area contributed by atoms with Crippen molar-refractivity contribution in [2.45, 2.75) is 6.92 Å². The molecule has 0 aliphatic rings. The van der Waals surface area contributed by atoms with Gasteiger partial charge in [0.05, 0.1) is 19.9 Å². The van der Waals surface area contributed by atoms with Crippen LogP contribution in [0.25, 0.3) is 0 Å². The number of rotatable bonds is 5. The van der Waals surface area contributed by atoms with Crippen LogP contribution >= 0.6 is 0 Å². The summed E-state index contributed by atoms with van der Waals surface area (Å²) in [7, 11) is 1.26. The lowest BCUT2D eigenvalue weighted by molar-refractivity contribution is -0.138. The van der Waals surface area contributed by atoms with Crippen molar-refractivity contribution in [1.82, 2.24) is 0 Å². The second-order valence-electron chi connectivity index (χ2n) is 3.49. The molecule has 0 bridgehead atoms. The number of esters is 1. The van der Waals surface area contributed by atoms with Gasteiger partial charge in [-0.3, -0.25) is 0 Å². The predicted octanol–water partition coefficient (Wildman–Crippen LogP) is 1.97. The van der Waals surface area contributed by atoms with Gasteiger partial charge in [-0.05, 0) is 13.0 Å². The first-order valence-corrected chi connectivity index (χ1v) is 5.28. The van der Waals surface area contributed by atoms with E-state index < -0.39 is 12.1 Å². The predicted molar refractivity (Wildman–Crippen MR) is 64.2 cm³/mol. The molecule has 0 saturated carbocycles. The van der Waals surface area contributed by atoms with Gasteiger partial charge in [0.25, 0.3) is 0 Å². The van der Waals surface area contributed by atoms with Crippen LogP contribution in [0.15, 0.2) is 35.0 Å². The molecule has 1 aromatic rings. The van der Waals surface area contributed by atoms with Crippen molar-refractivity contribution in [2.24, 2.45) is 0 Å². The third kappa shape index (κ3) is 3.65. The fourth-order valence-corrected chi connectivity index (χ4v) is 1.18. The van der Waals surface area contributed by atoms with E-state index in [0.717, 1.165) is 0 Å². The van der Waals surface area contributed by atoms with Crippen LogP contribution in [-0.4, -0.2) is 32.3 Å². The highest BCUT2D eigenvalue weighted by Crippen LogP contribution is 2.15. The maximum Gasteiger partial charge on any atom is 0.416 e.